The predicted octanol–water partition coefficient (Wildman–Crippen LogP) is 6.23. The Morgan fingerprint density at radius 2 is 1.62 bits per heavy atom. The van der Waals surface area contributed by atoms with E-state index in [0.29, 0.717) is 12.6 Å². The number of sulfonamides is 1. The Labute approximate surface area is 278 Å². The van der Waals surface area contributed by atoms with Gasteiger partial charge in [0.25, 0.3) is 0 Å². The topological polar surface area (TPSA) is 97.3 Å². The third-order valence-electron chi connectivity index (χ3n) is 9.36. The molecule has 5 atom stereocenters. The first-order valence-electron chi connectivity index (χ1n) is 16.3. The third-order valence-corrected chi connectivity index (χ3v) is 10.8. The van der Waals surface area contributed by atoms with Crippen molar-refractivity contribution in [1.29, 1.82) is 0 Å². The summed E-state index contributed by atoms with van der Waals surface area (Å²) in [4.78, 5) is 2.74. The molecule has 2 saturated heterocycles. The van der Waals surface area contributed by atoms with Crippen LogP contribution in [0.2, 0.25) is 0 Å². The molecule has 2 heterocycles. The van der Waals surface area contributed by atoms with Crippen LogP contribution in [-0.2, 0) is 37.4 Å². The molecule has 2 aliphatic heterocycles. The number of methoxy groups -OCH3 is 1. The maximum atomic E-state index is 12.7. The number of rotatable bonds is 12. The molecule has 2 fully saturated rings. The van der Waals surface area contributed by atoms with Crippen LogP contribution >= 0.6 is 0 Å². The van der Waals surface area contributed by atoms with Crippen LogP contribution < -0.4 is 4.72 Å². The maximum Gasteiger partial charge on any atom is 0.240 e. The standard InChI is InChI=1S/C38H44N2O6S/c1-27-36(24-40-21-7-10-34(40)26-44-2)45-38(46-37(27)31-15-13-28(25-41)14-16-31)32-19-17-30(18-20-32)33-9-6-8-29(22-33)23-39-47(42,43)35-11-4-3-5-12-35/h3-6,8-9,11-20,22,27,34,36-39,41H,7,10,21,23-26H2,1-2H3/t27-,34-,36+,37+,38+/m0/s1. The first-order valence-corrected chi connectivity index (χ1v) is 17.8. The zero-order valence-electron chi connectivity index (χ0n) is 27.0. The molecule has 0 aliphatic carbocycles. The van der Waals surface area contributed by atoms with E-state index in [1.165, 1.54) is 0 Å². The summed E-state index contributed by atoms with van der Waals surface area (Å²) in [5, 5.41) is 9.58. The second kappa shape index (κ2) is 15.2. The van der Waals surface area contributed by atoms with Crippen LogP contribution in [0.15, 0.2) is 108 Å². The molecule has 4 aromatic carbocycles. The minimum atomic E-state index is -3.60. The van der Waals surface area contributed by atoms with E-state index < -0.39 is 16.3 Å². The second-order valence-electron chi connectivity index (χ2n) is 12.5. The molecule has 0 unspecified atom stereocenters. The van der Waals surface area contributed by atoms with E-state index in [1.54, 1.807) is 37.4 Å². The number of aliphatic hydroxyl groups is 1. The number of nitrogens with zero attached hydrogens (tertiary/aromatic N) is 1. The summed E-state index contributed by atoms with van der Waals surface area (Å²) in [5.74, 6) is 0.108. The average molecular weight is 657 g/mol. The van der Waals surface area contributed by atoms with Gasteiger partial charge in [-0.15, -0.1) is 0 Å². The van der Waals surface area contributed by atoms with Gasteiger partial charge in [0.1, 0.15) is 0 Å². The Kier molecular flexibility index (Phi) is 10.8. The van der Waals surface area contributed by atoms with Gasteiger partial charge in [-0.05, 0) is 65.4 Å². The van der Waals surface area contributed by atoms with Crippen molar-refractivity contribution in [3.63, 3.8) is 0 Å². The van der Waals surface area contributed by atoms with Crippen LogP contribution in [0.25, 0.3) is 11.1 Å². The molecule has 0 saturated carbocycles. The Hall–Kier alpha value is -3.41. The predicted molar refractivity (Wildman–Crippen MR) is 182 cm³/mol. The molecule has 248 valence electrons. The van der Waals surface area contributed by atoms with Gasteiger partial charge in [0.2, 0.25) is 10.0 Å². The van der Waals surface area contributed by atoms with E-state index in [4.69, 9.17) is 14.2 Å². The van der Waals surface area contributed by atoms with E-state index in [2.05, 4.69) is 28.7 Å². The fraction of sp³-hybridized carbons (Fsp3) is 0.368. The summed E-state index contributed by atoms with van der Waals surface area (Å²) in [6, 6.07) is 32.9. The molecule has 0 spiro atoms. The fourth-order valence-electron chi connectivity index (χ4n) is 6.63. The molecule has 2 N–H and O–H groups in total. The highest BCUT2D eigenvalue weighted by Crippen LogP contribution is 2.42. The van der Waals surface area contributed by atoms with Crippen molar-refractivity contribution in [2.45, 2.75) is 62.4 Å². The van der Waals surface area contributed by atoms with Crippen LogP contribution in [-0.4, -0.2) is 57.4 Å². The largest absolute Gasteiger partial charge is 0.392 e. The monoisotopic (exact) mass is 656 g/mol. The molecule has 9 heteroatoms. The molecule has 6 rings (SSSR count). The summed E-state index contributed by atoms with van der Waals surface area (Å²) in [5.41, 5.74) is 5.74. The SMILES string of the molecule is COC[C@@H]1CCCN1C[C@H]1O[C@@H](c2ccc(-c3cccc(CNS(=O)(=O)c4ccccc4)c3)cc2)O[C@@H](c2ccc(CO)cc2)[C@H]1C. The number of hydrogen-bond acceptors (Lipinski definition) is 7. The van der Waals surface area contributed by atoms with Crippen LogP contribution in [0.1, 0.15) is 54.4 Å². The van der Waals surface area contributed by atoms with Crippen molar-refractivity contribution < 1.29 is 27.7 Å². The molecule has 2 aliphatic rings. The second-order valence-corrected chi connectivity index (χ2v) is 14.3. The number of aliphatic hydroxyl groups excluding tert-OH is 1. The smallest absolute Gasteiger partial charge is 0.240 e. The van der Waals surface area contributed by atoms with Gasteiger partial charge in [0.15, 0.2) is 6.29 Å². The quantitative estimate of drug-likeness (QED) is 0.187. The van der Waals surface area contributed by atoms with Gasteiger partial charge in [-0.3, -0.25) is 4.90 Å². The Morgan fingerprint density at radius 1 is 0.872 bits per heavy atom. The van der Waals surface area contributed by atoms with Crippen LogP contribution in [0.5, 0.6) is 0 Å². The zero-order chi connectivity index (χ0) is 32.8. The van der Waals surface area contributed by atoms with Crippen molar-refractivity contribution in [2.24, 2.45) is 5.92 Å². The Balaban J connectivity index is 1.19. The van der Waals surface area contributed by atoms with Gasteiger partial charge < -0.3 is 19.3 Å². The van der Waals surface area contributed by atoms with Crippen LogP contribution in [0.4, 0.5) is 0 Å². The van der Waals surface area contributed by atoms with Crippen molar-refractivity contribution in [2.75, 3.05) is 26.8 Å². The summed E-state index contributed by atoms with van der Waals surface area (Å²) in [7, 11) is -1.84. The average Bonchev–Trinajstić information content (AvgIpc) is 3.55. The van der Waals surface area contributed by atoms with Gasteiger partial charge in [-0.2, -0.15) is 0 Å². The van der Waals surface area contributed by atoms with Crippen molar-refractivity contribution >= 4 is 10.0 Å². The lowest BCUT2D eigenvalue weighted by Gasteiger charge is -2.43. The molecular formula is C38H44N2O6S. The lowest BCUT2D eigenvalue weighted by atomic mass is 9.89. The molecular weight excluding hydrogens is 612 g/mol. The highest BCUT2D eigenvalue weighted by atomic mass is 32.2. The Morgan fingerprint density at radius 3 is 2.34 bits per heavy atom. The van der Waals surface area contributed by atoms with E-state index in [0.717, 1.165) is 59.3 Å². The van der Waals surface area contributed by atoms with Gasteiger partial charge in [-0.25, -0.2) is 13.1 Å². The maximum absolute atomic E-state index is 12.7. The van der Waals surface area contributed by atoms with Gasteiger partial charge >= 0.3 is 0 Å². The highest BCUT2D eigenvalue weighted by molar-refractivity contribution is 7.89. The summed E-state index contributed by atoms with van der Waals surface area (Å²) < 4.78 is 47.1. The fourth-order valence-corrected chi connectivity index (χ4v) is 7.67. The van der Waals surface area contributed by atoms with E-state index >= 15 is 0 Å². The Bertz CT molecular complexity index is 1700. The van der Waals surface area contributed by atoms with E-state index in [1.807, 2.05) is 60.7 Å². The molecule has 0 amide bonds. The number of benzene rings is 4. The molecule has 8 nitrogen and oxygen atoms in total. The minimum absolute atomic E-state index is 0.00409. The summed E-state index contributed by atoms with van der Waals surface area (Å²) in [6.07, 6.45) is 1.51. The molecule has 0 aromatic heterocycles. The van der Waals surface area contributed by atoms with Crippen LogP contribution in [0.3, 0.4) is 0 Å². The first-order chi connectivity index (χ1) is 22.8. The van der Waals surface area contributed by atoms with Crippen molar-refractivity contribution in [1.82, 2.24) is 9.62 Å². The van der Waals surface area contributed by atoms with Crippen molar-refractivity contribution in [3.05, 3.63) is 125 Å². The van der Waals surface area contributed by atoms with Crippen LogP contribution in [0, 0.1) is 5.92 Å². The van der Waals surface area contributed by atoms with Gasteiger partial charge in [0, 0.05) is 37.7 Å². The lowest BCUT2D eigenvalue weighted by molar-refractivity contribution is -0.276. The number of likely N-dealkylation sites (tertiary alicyclic amines) is 1. The third kappa shape index (κ3) is 8.01. The normalized spacial score (nSPS) is 23.6. The highest BCUT2D eigenvalue weighted by Gasteiger charge is 2.40. The number of hydrogen-bond donors (Lipinski definition) is 2. The molecule has 0 bridgehead atoms. The van der Waals surface area contributed by atoms with Gasteiger partial charge in [-0.1, -0.05) is 91.9 Å². The minimum Gasteiger partial charge on any atom is -0.392 e. The molecule has 47 heavy (non-hydrogen) atoms. The van der Waals surface area contributed by atoms with Gasteiger partial charge in [0.05, 0.1) is 30.3 Å². The molecule has 4 aromatic rings. The lowest BCUT2D eigenvalue weighted by Crippen LogP contribution is -2.46. The van der Waals surface area contributed by atoms with E-state index in [-0.39, 0.29) is 36.2 Å². The number of ether oxygens (including phenoxy) is 3. The first kappa shape index (κ1) is 33.5. The van der Waals surface area contributed by atoms with Crippen molar-refractivity contribution in [3.8, 4) is 11.1 Å². The number of nitrogens with one attached hydrogen (secondary N) is 1. The summed E-state index contributed by atoms with van der Waals surface area (Å²) in [6.45, 7) is 4.94. The zero-order valence-corrected chi connectivity index (χ0v) is 27.8. The molecule has 0 radical (unpaired) electrons. The summed E-state index contributed by atoms with van der Waals surface area (Å²) >= 11 is 0. The van der Waals surface area contributed by atoms with E-state index in [9.17, 15) is 13.5 Å².